The number of likely N-dealkylation sites (N-methyl/N-ethyl adjacent to an activating group) is 1. The molecule has 2 rings (SSSR count). The Balaban J connectivity index is 2.25. The molecule has 10 heteroatoms. The molecule has 1 aromatic carbocycles. The van der Waals surface area contributed by atoms with Crippen molar-refractivity contribution in [3.63, 3.8) is 0 Å². The molecular weight excluding hydrogens is 432 g/mol. The predicted molar refractivity (Wildman–Crippen MR) is 124 cm³/mol. The summed E-state index contributed by atoms with van der Waals surface area (Å²) in [5, 5.41) is 5.56. The van der Waals surface area contributed by atoms with E-state index < -0.39 is 29.7 Å². The minimum atomic E-state index is -0.798. The third-order valence-electron chi connectivity index (χ3n) is 4.22. The molecule has 3 amide bonds. The average molecular weight is 463 g/mol. The molecule has 2 aromatic rings. The highest BCUT2D eigenvalue weighted by atomic mass is 32.1. The summed E-state index contributed by atoms with van der Waals surface area (Å²) >= 11 is 1.38. The van der Waals surface area contributed by atoms with Crippen LogP contribution in [0.3, 0.4) is 0 Å². The van der Waals surface area contributed by atoms with Crippen LogP contribution in [0.5, 0.6) is 0 Å². The number of amides is 3. The van der Waals surface area contributed by atoms with Crippen molar-refractivity contribution in [1.29, 1.82) is 0 Å². The average Bonchev–Trinajstić information content (AvgIpc) is 3.19. The molecule has 0 aliphatic heterocycles. The van der Waals surface area contributed by atoms with E-state index in [2.05, 4.69) is 15.6 Å². The van der Waals surface area contributed by atoms with Gasteiger partial charge in [0.15, 0.2) is 0 Å². The Labute approximate surface area is 192 Å². The molecule has 1 aromatic heterocycles. The number of aromatic nitrogens is 1. The lowest BCUT2D eigenvalue weighted by Gasteiger charge is -2.30. The predicted octanol–water partition coefficient (Wildman–Crippen LogP) is 4.40. The van der Waals surface area contributed by atoms with E-state index in [9.17, 15) is 14.4 Å². The van der Waals surface area contributed by atoms with Gasteiger partial charge in [0.1, 0.15) is 12.2 Å². The number of ether oxygens (including phenoxy) is 2. The van der Waals surface area contributed by atoms with Crippen LogP contribution in [-0.4, -0.2) is 41.8 Å². The molecule has 0 saturated heterocycles. The maximum atomic E-state index is 13.3. The van der Waals surface area contributed by atoms with Crippen LogP contribution in [0.1, 0.15) is 39.5 Å². The number of thiazole rings is 1. The Kier molecular flexibility index (Phi) is 8.73. The Hall–Kier alpha value is -2.98. The van der Waals surface area contributed by atoms with Crippen molar-refractivity contribution in [3.8, 4) is 0 Å². The van der Waals surface area contributed by atoms with Crippen LogP contribution in [0.2, 0.25) is 0 Å². The van der Waals surface area contributed by atoms with Gasteiger partial charge in [-0.15, -0.1) is 11.3 Å². The summed E-state index contributed by atoms with van der Waals surface area (Å²) in [5.74, 6) is -0.526. The Bertz CT molecular complexity index is 925. The number of imide groups is 1. The molecule has 32 heavy (non-hydrogen) atoms. The SMILES string of the molecule is CN[C@H](C(=O)N(C(=O)OC(C)(C)C)c1cccc(NC(=O)OCc2cncs2)c1)C(C)C. The molecule has 1 heterocycles. The van der Waals surface area contributed by atoms with Gasteiger partial charge in [-0.05, 0) is 51.9 Å². The third-order valence-corrected chi connectivity index (χ3v) is 4.97. The van der Waals surface area contributed by atoms with Crippen LogP contribution in [-0.2, 0) is 20.9 Å². The molecular formula is C22H30N4O5S. The Morgan fingerprint density at radius 3 is 2.50 bits per heavy atom. The van der Waals surface area contributed by atoms with Crippen LogP contribution < -0.4 is 15.5 Å². The minimum Gasteiger partial charge on any atom is -0.444 e. The fourth-order valence-corrected chi connectivity index (χ4v) is 3.34. The highest BCUT2D eigenvalue weighted by molar-refractivity contribution is 7.09. The molecule has 0 unspecified atom stereocenters. The molecule has 0 saturated carbocycles. The Morgan fingerprint density at radius 1 is 1.22 bits per heavy atom. The quantitative estimate of drug-likeness (QED) is 0.627. The molecule has 0 bridgehead atoms. The first-order chi connectivity index (χ1) is 15.0. The summed E-state index contributed by atoms with van der Waals surface area (Å²) in [4.78, 5) is 44.1. The van der Waals surface area contributed by atoms with Crippen LogP contribution in [0.25, 0.3) is 0 Å². The second-order valence-electron chi connectivity index (χ2n) is 8.38. The van der Waals surface area contributed by atoms with E-state index in [1.807, 2.05) is 13.8 Å². The van der Waals surface area contributed by atoms with Crippen molar-refractivity contribution in [2.45, 2.75) is 52.9 Å². The maximum Gasteiger partial charge on any atom is 0.421 e. The minimum absolute atomic E-state index is 0.0690. The number of nitrogens with zero attached hydrogens (tertiary/aromatic N) is 2. The first kappa shape index (κ1) is 25.3. The van der Waals surface area contributed by atoms with Gasteiger partial charge in [0.25, 0.3) is 5.91 Å². The van der Waals surface area contributed by atoms with E-state index in [1.54, 1.807) is 57.7 Å². The van der Waals surface area contributed by atoms with Crippen molar-refractivity contribution in [1.82, 2.24) is 10.3 Å². The second kappa shape index (κ2) is 11.1. The molecule has 0 spiro atoms. The van der Waals surface area contributed by atoms with E-state index in [-0.39, 0.29) is 18.2 Å². The van der Waals surface area contributed by atoms with Gasteiger partial charge in [0, 0.05) is 11.9 Å². The summed E-state index contributed by atoms with van der Waals surface area (Å²) in [6.45, 7) is 9.03. The standard InChI is InChI=1S/C22H30N4O5S/c1-14(2)18(23-6)19(27)26(21(29)31-22(3,4)5)16-9-7-8-15(10-16)25-20(28)30-12-17-11-24-13-32-17/h7-11,13-14,18,23H,12H2,1-6H3,(H,25,28)/t18-/m0/s1. The topological polar surface area (TPSA) is 110 Å². The number of carbonyl (C=O) groups excluding carboxylic acids is 3. The maximum absolute atomic E-state index is 13.3. The van der Waals surface area contributed by atoms with Gasteiger partial charge in [-0.2, -0.15) is 0 Å². The van der Waals surface area contributed by atoms with Gasteiger partial charge in [-0.3, -0.25) is 15.1 Å². The number of anilines is 2. The second-order valence-corrected chi connectivity index (χ2v) is 9.35. The van der Waals surface area contributed by atoms with Crippen molar-refractivity contribution >= 4 is 40.8 Å². The molecule has 9 nitrogen and oxygen atoms in total. The first-order valence-electron chi connectivity index (χ1n) is 10.2. The normalized spacial score (nSPS) is 12.2. The zero-order valence-corrected chi connectivity index (χ0v) is 20.0. The van der Waals surface area contributed by atoms with E-state index in [0.29, 0.717) is 5.69 Å². The molecule has 0 fully saturated rings. The largest absolute Gasteiger partial charge is 0.444 e. The molecule has 2 N–H and O–H groups in total. The fourth-order valence-electron chi connectivity index (χ4n) is 2.84. The van der Waals surface area contributed by atoms with Crippen LogP contribution in [0.4, 0.5) is 21.0 Å². The van der Waals surface area contributed by atoms with Gasteiger partial charge in [0.2, 0.25) is 0 Å². The monoisotopic (exact) mass is 462 g/mol. The summed E-state index contributed by atoms with van der Waals surface area (Å²) in [6, 6.07) is 5.77. The summed E-state index contributed by atoms with van der Waals surface area (Å²) in [7, 11) is 1.66. The highest BCUT2D eigenvalue weighted by Gasteiger charge is 2.34. The number of rotatable bonds is 7. The van der Waals surface area contributed by atoms with Gasteiger partial charge in [-0.1, -0.05) is 19.9 Å². The highest BCUT2D eigenvalue weighted by Crippen LogP contribution is 2.24. The van der Waals surface area contributed by atoms with Crippen molar-refractivity contribution in [3.05, 3.63) is 40.8 Å². The van der Waals surface area contributed by atoms with E-state index in [4.69, 9.17) is 9.47 Å². The van der Waals surface area contributed by atoms with Crippen LogP contribution in [0, 0.1) is 5.92 Å². The lowest BCUT2D eigenvalue weighted by atomic mass is 10.0. The zero-order valence-electron chi connectivity index (χ0n) is 19.2. The molecule has 174 valence electrons. The summed E-state index contributed by atoms with van der Waals surface area (Å²) in [5.41, 5.74) is 1.49. The van der Waals surface area contributed by atoms with Gasteiger partial charge in [0.05, 0.1) is 22.1 Å². The fraction of sp³-hybridized carbons (Fsp3) is 0.455. The molecule has 0 aliphatic carbocycles. The van der Waals surface area contributed by atoms with E-state index in [0.717, 1.165) is 9.78 Å². The van der Waals surface area contributed by atoms with Gasteiger partial charge in [-0.25, -0.2) is 14.5 Å². The van der Waals surface area contributed by atoms with Gasteiger partial charge >= 0.3 is 12.2 Å². The molecule has 0 aliphatic rings. The van der Waals surface area contributed by atoms with Crippen LogP contribution in [0.15, 0.2) is 36.0 Å². The molecule has 1 atom stereocenters. The van der Waals surface area contributed by atoms with Gasteiger partial charge < -0.3 is 14.8 Å². The summed E-state index contributed by atoms with van der Waals surface area (Å²) in [6.07, 6.45) is 0.157. The van der Waals surface area contributed by atoms with Crippen molar-refractivity contribution < 1.29 is 23.9 Å². The number of hydrogen-bond acceptors (Lipinski definition) is 8. The number of benzene rings is 1. The smallest absolute Gasteiger partial charge is 0.421 e. The third kappa shape index (κ3) is 7.31. The lowest BCUT2D eigenvalue weighted by Crippen LogP contribution is -2.51. The first-order valence-corrected chi connectivity index (χ1v) is 11.0. The lowest BCUT2D eigenvalue weighted by molar-refractivity contribution is -0.121. The number of nitrogens with one attached hydrogen (secondary N) is 2. The van der Waals surface area contributed by atoms with Crippen LogP contribution >= 0.6 is 11.3 Å². The zero-order chi connectivity index (χ0) is 23.9. The number of carbonyl (C=O) groups is 3. The van der Waals surface area contributed by atoms with Crippen molar-refractivity contribution in [2.24, 2.45) is 5.92 Å². The van der Waals surface area contributed by atoms with E-state index >= 15 is 0 Å². The molecule has 0 radical (unpaired) electrons. The van der Waals surface area contributed by atoms with E-state index in [1.165, 1.54) is 17.4 Å². The summed E-state index contributed by atoms with van der Waals surface area (Å²) < 4.78 is 10.6. The Morgan fingerprint density at radius 2 is 1.94 bits per heavy atom. The van der Waals surface area contributed by atoms with Crippen molar-refractivity contribution in [2.75, 3.05) is 17.3 Å². The number of hydrogen-bond donors (Lipinski definition) is 2.